The fourth-order valence-corrected chi connectivity index (χ4v) is 5.84. The molecule has 3 nitrogen and oxygen atoms in total. The molecular weight excluding hydrogens is 282 g/mol. The summed E-state index contributed by atoms with van der Waals surface area (Å²) in [7, 11) is 0. The van der Waals surface area contributed by atoms with E-state index in [0.717, 1.165) is 44.2 Å². The molecule has 21 heavy (non-hydrogen) atoms. The van der Waals surface area contributed by atoms with Gasteiger partial charge in [0.15, 0.2) is 0 Å². The van der Waals surface area contributed by atoms with Gasteiger partial charge in [0, 0.05) is 31.4 Å². The molecule has 1 spiro atoms. The highest BCUT2D eigenvalue weighted by Crippen LogP contribution is 2.48. The second-order valence-electron chi connectivity index (χ2n) is 7.82. The van der Waals surface area contributed by atoms with Crippen molar-refractivity contribution in [2.24, 2.45) is 17.8 Å². The largest absolute Gasteiger partial charge is 0.377 e. The molecule has 4 heteroatoms. The summed E-state index contributed by atoms with van der Waals surface area (Å²) < 4.78 is 6.51. The standard InChI is InChI=1S/C17H27NO2S/c1-12-6-15(12)16(19)18-10-17(11-18)7-14(9-21-17)20-8-13-4-2-3-5-13/h12-15H,2-11H2,1H3/t12-,14-,15-/m1/s1. The van der Waals surface area contributed by atoms with Gasteiger partial charge in [-0.3, -0.25) is 4.79 Å². The summed E-state index contributed by atoms with van der Waals surface area (Å²) in [6.07, 6.45) is 8.24. The minimum atomic E-state index is 0.341. The van der Waals surface area contributed by atoms with Crippen molar-refractivity contribution in [1.82, 2.24) is 4.90 Å². The van der Waals surface area contributed by atoms with Crippen LogP contribution < -0.4 is 0 Å². The molecular formula is C17H27NO2S. The summed E-state index contributed by atoms with van der Waals surface area (Å²) in [6, 6.07) is 0. The van der Waals surface area contributed by atoms with Gasteiger partial charge in [-0.1, -0.05) is 19.8 Å². The maximum Gasteiger partial charge on any atom is 0.226 e. The lowest BCUT2D eigenvalue weighted by atomic mass is 9.92. The molecule has 3 atom stereocenters. The van der Waals surface area contributed by atoms with Crippen LogP contribution in [0.4, 0.5) is 0 Å². The van der Waals surface area contributed by atoms with E-state index in [2.05, 4.69) is 23.6 Å². The van der Waals surface area contributed by atoms with E-state index >= 15 is 0 Å². The Hall–Kier alpha value is -0.220. The maximum atomic E-state index is 12.2. The third kappa shape index (κ3) is 2.86. The molecule has 0 unspecified atom stereocenters. The van der Waals surface area contributed by atoms with Crippen molar-refractivity contribution >= 4 is 17.7 Å². The molecule has 0 bridgehead atoms. The number of amides is 1. The van der Waals surface area contributed by atoms with Crippen LogP contribution in [-0.2, 0) is 9.53 Å². The summed E-state index contributed by atoms with van der Waals surface area (Å²) in [6.45, 7) is 5.12. The molecule has 4 rings (SSSR count). The molecule has 2 saturated carbocycles. The molecule has 2 heterocycles. The van der Waals surface area contributed by atoms with Crippen molar-refractivity contribution in [2.45, 2.75) is 56.3 Å². The third-order valence-corrected chi connectivity index (χ3v) is 7.49. The van der Waals surface area contributed by atoms with Crippen molar-refractivity contribution in [2.75, 3.05) is 25.4 Å². The van der Waals surface area contributed by atoms with Gasteiger partial charge in [0.2, 0.25) is 5.91 Å². The van der Waals surface area contributed by atoms with E-state index in [1.165, 1.54) is 25.7 Å². The molecule has 2 aliphatic carbocycles. The van der Waals surface area contributed by atoms with E-state index in [1.807, 2.05) is 0 Å². The first-order valence-corrected chi connectivity index (χ1v) is 9.68. The van der Waals surface area contributed by atoms with E-state index in [1.54, 1.807) is 0 Å². The van der Waals surface area contributed by atoms with Crippen LogP contribution >= 0.6 is 11.8 Å². The highest BCUT2D eigenvalue weighted by atomic mass is 32.2. The van der Waals surface area contributed by atoms with Crippen LogP contribution in [0, 0.1) is 17.8 Å². The lowest BCUT2D eigenvalue weighted by Gasteiger charge is -2.47. The quantitative estimate of drug-likeness (QED) is 0.799. The predicted octanol–water partition coefficient (Wildman–Crippen LogP) is 2.94. The Balaban J connectivity index is 1.21. The van der Waals surface area contributed by atoms with Gasteiger partial charge in [-0.05, 0) is 37.5 Å². The van der Waals surface area contributed by atoms with Crippen molar-refractivity contribution in [1.29, 1.82) is 0 Å². The number of thioether (sulfide) groups is 1. The van der Waals surface area contributed by atoms with E-state index < -0.39 is 0 Å². The van der Waals surface area contributed by atoms with Gasteiger partial charge in [-0.15, -0.1) is 11.8 Å². The van der Waals surface area contributed by atoms with Crippen molar-refractivity contribution in [3.8, 4) is 0 Å². The number of likely N-dealkylation sites (tertiary alicyclic amines) is 1. The number of nitrogens with zero attached hydrogens (tertiary/aromatic N) is 1. The Kier molecular flexibility index (Phi) is 3.73. The van der Waals surface area contributed by atoms with Crippen LogP contribution in [-0.4, -0.2) is 47.1 Å². The van der Waals surface area contributed by atoms with E-state index in [9.17, 15) is 4.79 Å². The number of hydrogen-bond donors (Lipinski definition) is 0. The number of ether oxygens (including phenoxy) is 1. The van der Waals surface area contributed by atoms with Gasteiger partial charge in [-0.25, -0.2) is 0 Å². The normalized spacial score (nSPS) is 38.0. The number of carbonyl (C=O) groups excluding carboxylic acids is 1. The molecule has 2 aliphatic heterocycles. The van der Waals surface area contributed by atoms with Crippen LogP contribution in [0.5, 0.6) is 0 Å². The molecule has 1 amide bonds. The Bertz CT molecular complexity index is 415. The fraction of sp³-hybridized carbons (Fsp3) is 0.941. The van der Waals surface area contributed by atoms with E-state index in [0.29, 0.717) is 28.6 Å². The zero-order valence-electron chi connectivity index (χ0n) is 13.1. The van der Waals surface area contributed by atoms with Crippen LogP contribution in [0.2, 0.25) is 0 Å². The molecule has 0 aromatic heterocycles. The van der Waals surface area contributed by atoms with E-state index in [-0.39, 0.29) is 0 Å². The average molecular weight is 309 g/mol. The Labute approximate surface area is 132 Å². The van der Waals surface area contributed by atoms with Gasteiger partial charge in [0.1, 0.15) is 0 Å². The van der Waals surface area contributed by atoms with Gasteiger partial charge in [0.25, 0.3) is 0 Å². The molecule has 0 radical (unpaired) electrons. The molecule has 0 aromatic carbocycles. The Morgan fingerprint density at radius 3 is 2.71 bits per heavy atom. The second-order valence-corrected chi connectivity index (χ2v) is 9.31. The zero-order valence-corrected chi connectivity index (χ0v) is 13.9. The van der Waals surface area contributed by atoms with Gasteiger partial charge in [0.05, 0.1) is 10.9 Å². The van der Waals surface area contributed by atoms with Gasteiger partial charge < -0.3 is 9.64 Å². The van der Waals surface area contributed by atoms with Gasteiger partial charge >= 0.3 is 0 Å². The summed E-state index contributed by atoms with van der Waals surface area (Å²) in [5.41, 5.74) is 0. The predicted molar refractivity (Wildman–Crippen MR) is 85.4 cm³/mol. The van der Waals surface area contributed by atoms with Crippen molar-refractivity contribution < 1.29 is 9.53 Å². The van der Waals surface area contributed by atoms with Crippen LogP contribution in [0.25, 0.3) is 0 Å². The second kappa shape index (κ2) is 5.45. The first kappa shape index (κ1) is 14.4. The molecule has 0 aromatic rings. The smallest absolute Gasteiger partial charge is 0.226 e. The Morgan fingerprint density at radius 1 is 1.33 bits per heavy atom. The number of rotatable bonds is 4. The van der Waals surface area contributed by atoms with Crippen LogP contribution in [0.3, 0.4) is 0 Å². The van der Waals surface area contributed by atoms with E-state index in [4.69, 9.17) is 4.74 Å². The molecule has 118 valence electrons. The van der Waals surface area contributed by atoms with Crippen LogP contribution in [0.1, 0.15) is 45.4 Å². The zero-order chi connectivity index (χ0) is 14.4. The van der Waals surface area contributed by atoms with Crippen molar-refractivity contribution in [3.05, 3.63) is 0 Å². The minimum absolute atomic E-state index is 0.341. The summed E-state index contributed by atoms with van der Waals surface area (Å²) >= 11 is 2.06. The Morgan fingerprint density at radius 2 is 2.05 bits per heavy atom. The van der Waals surface area contributed by atoms with Crippen LogP contribution in [0.15, 0.2) is 0 Å². The topological polar surface area (TPSA) is 29.5 Å². The lowest BCUT2D eigenvalue weighted by Crippen LogP contribution is -2.61. The fourth-order valence-electron chi connectivity index (χ4n) is 4.29. The average Bonchev–Trinajstić information content (AvgIpc) is 2.87. The molecule has 0 N–H and O–H groups in total. The van der Waals surface area contributed by atoms with Gasteiger partial charge in [-0.2, -0.15) is 0 Å². The SMILES string of the molecule is C[C@@H]1C[C@H]1C(=O)N1CC2(C[C@@H](OCC3CCCC3)CS2)C1. The molecule has 4 fully saturated rings. The summed E-state index contributed by atoms with van der Waals surface area (Å²) in [4.78, 5) is 14.3. The first-order valence-electron chi connectivity index (χ1n) is 8.70. The lowest BCUT2D eigenvalue weighted by molar-refractivity contribution is -0.138. The minimum Gasteiger partial charge on any atom is -0.377 e. The first-order chi connectivity index (χ1) is 10.2. The molecule has 4 aliphatic rings. The highest BCUT2D eigenvalue weighted by molar-refractivity contribution is 8.01. The third-order valence-electron chi connectivity index (χ3n) is 5.91. The highest BCUT2D eigenvalue weighted by Gasteiger charge is 2.53. The number of carbonyl (C=O) groups is 1. The summed E-state index contributed by atoms with van der Waals surface area (Å²) in [5.74, 6) is 3.36. The monoisotopic (exact) mass is 309 g/mol. The summed E-state index contributed by atoms with van der Waals surface area (Å²) in [5, 5.41) is 0. The molecule has 2 saturated heterocycles. The maximum absolute atomic E-state index is 12.2. The number of hydrogen-bond acceptors (Lipinski definition) is 3. The van der Waals surface area contributed by atoms with Crippen molar-refractivity contribution in [3.63, 3.8) is 0 Å².